The third kappa shape index (κ3) is 112. The minimum Gasteiger partial charge on any atom is -0.469 e. The van der Waals surface area contributed by atoms with Gasteiger partial charge in [0.2, 0.25) is 0 Å². The first kappa shape index (κ1) is 156. The number of nitrogens with zero attached hydrogens (tertiary/aromatic N) is 2. The molecule has 51 heteroatoms. The Kier molecular flexibility index (Phi) is 122. The minimum absolute atomic E-state index is 0. The van der Waals surface area contributed by atoms with Crippen molar-refractivity contribution in [3.8, 4) is 0 Å². The molecule has 852 valence electrons. The standard InChI is InChI=1S/C15H23NO6.C14H21NO7.C12H24O4S2.C11H22O5S2.C9H18O5.C8H18O3S2.C8H18O3.C7H16O4S2.C7H16O4.CH4/c1-2-11(17)9-22-10-13(19)4-3-12(18)7-8-16-14(20)5-6-15(16)21;16-7-12(19)9-22-8-11(18)2-1-10(17)5-6-15-13(20)3-4-14(15)21;1-3-10(13)8-16-9-12(15)5-4-11(14)6-7-18-17-2;1-17-18-5-4-9(13)2-3-10(14)7-16-8-11(15)6-12;1-3-7(10)5-14-6-8(11)4-9(12)13-2;1-3-7(9)4-11-5-8(10)6-13-12-2;1-3-7(9)5-11-6-8(10)4-2;1-12-13-5-7(10)4-11-3-6(9)2-8;1-2-6(9)4-11-5-7(10)3-8;/h5-6,11,13,17,19H,2-4,7-10H2,1H3;3-4,11-12,16,18-19H,1-2,5-9H2;10,12-13,15H,3-9H2,1-2H3;10-12,14-15H,2-8H2,1H3;7-8,10-11H,3-6H2,1-2H3;7-10H,3-6H2,1-2H3;7-10H,3-6H2,1-2H3;6-10H,2-5H2,1H3;6-10H,2-5H2,1H3;1H4. The van der Waals surface area contributed by atoms with Crippen molar-refractivity contribution < 1.29 is 203 Å². The van der Waals surface area contributed by atoms with Crippen LogP contribution in [-0.4, -0.2) is 498 Å². The highest BCUT2D eigenvalue weighted by Gasteiger charge is 2.26. The molecule has 2 heterocycles. The van der Waals surface area contributed by atoms with E-state index < -0.39 is 134 Å². The quantitative estimate of drug-likeness (QED) is 0.0177. The van der Waals surface area contributed by atoms with Gasteiger partial charge < -0.3 is 160 Å². The molecule has 0 saturated heterocycles. The second-order valence-electron chi connectivity index (χ2n) is 31.5. The molecule has 143 heavy (non-hydrogen) atoms. The van der Waals surface area contributed by atoms with Crippen LogP contribution in [0.15, 0.2) is 24.3 Å². The Morgan fingerprint density at radius 3 is 0.636 bits per heavy atom. The van der Waals surface area contributed by atoms with Crippen molar-refractivity contribution in [2.24, 2.45) is 0 Å². The lowest BCUT2D eigenvalue weighted by Gasteiger charge is -2.14. The number of rotatable bonds is 81. The molecule has 22 N–H and O–H groups in total. The number of hydrogen-bond acceptors (Lipinski definition) is 49. The lowest BCUT2D eigenvalue weighted by atomic mass is 10.1. The highest BCUT2D eigenvalue weighted by molar-refractivity contribution is 8.77. The van der Waals surface area contributed by atoms with Gasteiger partial charge in [0, 0.05) is 112 Å². The van der Waals surface area contributed by atoms with Crippen LogP contribution < -0.4 is 0 Å². The molecule has 0 aromatic heterocycles. The van der Waals surface area contributed by atoms with E-state index in [0.29, 0.717) is 121 Å². The van der Waals surface area contributed by atoms with Crippen LogP contribution in [0.4, 0.5) is 0 Å². The molecule has 43 nitrogen and oxygen atoms in total. The Morgan fingerprint density at radius 2 is 0.448 bits per heavy atom. The fraction of sp³-hybridized carbons (Fsp3) is 0.859. The number of amides is 4. The highest BCUT2D eigenvalue weighted by Crippen LogP contribution is 2.22. The summed E-state index contributed by atoms with van der Waals surface area (Å²) in [7, 11) is 14.2. The number of aliphatic hydroxyl groups is 22. The van der Waals surface area contributed by atoms with E-state index in [4.69, 9.17) is 109 Å². The Hall–Kier alpha value is -2.53. The van der Waals surface area contributed by atoms with Crippen LogP contribution in [0.3, 0.4) is 0 Å². The smallest absolute Gasteiger partial charge is 0.308 e. The van der Waals surface area contributed by atoms with Crippen molar-refractivity contribution in [1.82, 2.24) is 9.80 Å². The molecule has 2 aliphatic rings. The molecule has 0 aromatic rings. The van der Waals surface area contributed by atoms with Crippen LogP contribution in [0.25, 0.3) is 0 Å². The number of aliphatic hydroxyl groups excluding tert-OH is 22. The second-order valence-corrected chi connectivity index (χ2v) is 42.1. The number of imide groups is 2. The molecule has 0 aliphatic carbocycles. The van der Waals surface area contributed by atoms with E-state index in [0.717, 1.165) is 33.5 Å². The fourth-order valence-electron chi connectivity index (χ4n) is 9.22. The average Bonchev–Trinajstić information content (AvgIpc) is 1.81. The third-order valence-corrected chi connectivity index (χ3v) is 25.7. The number of carbonyl (C=O) groups is 9. The summed E-state index contributed by atoms with van der Waals surface area (Å²) in [6, 6.07) is 0. The van der Waals surface area contributed by atoms with Gasteiger partial charge in [-0.3, -0.25) is 53.0 Å². The molecule has 18 atom stereocenters. The van der Waals surface area contributed by atoms with Gasteiger partial charge in [0.15, 0.2) is 0 Å². The summed E-state index contributed by atoms with van der Waals surface area (Å²) in [6.45, 7) is 14.4. The molecule has 0 saturated carbocycles. The van der Waals surface area contributed by atoms with Gasteiger partial charge in [-0.05, 0) is 95.7 Å². The molecule has 2 rings (SSSR count). The van der Waals surface area contributed by atoms with Crippen LogP contribution in [0.5, 0.6) is 0 Å². The van der Waals surface area contributed by atoms with Crippen LogP contribution in [0, 0.1) is 0 Å². The van der Waals surface area contributed by atoms with Crippen LogP contribution >= 0.6 is 86.4 Å². The van der Waals surface area contributed by atoms with Crippen LogP contribution in [0.2, 0.25) is 0 Å². The van der Waals surface area contributed by atoms with Gasteiger partial charge in [-0.15, -0.1) is 0 Å². The zero-order valence-corrected chi connectivity index (χ0v) is 91.4. The fourth-order valence-corrected chi connectivity index (χ4v) is 14.2. The Balaban J connectivity index is -0.000000241. The molecule has 2 aliphatic heterocycles. The van der Waals surface area contributed by atoms with E-state index in [2.05, 4.69) is 4.74 Å². The van der Waals surface area contributed by atoms with Crippen LogP contribution in [0.1, 0.15) is 184 Å². The molecule has 0 bridgehead atoms. The first-order valence-corrected chi connectivity index (χ1v) is 58.1. The maximum absolute atomic E-state index is 11.7. The van der Waals surface area contributed by atoms with E-state index >= 15 is 0 Å². The van der Waals surface area contributed by atoms with Crippen molar-refractivity contribution >= 4 is 139 Å². The molecule has 18 unspecified atom stereocenters. The van der Waals surface area contributed by atoms with Crippen molar-refractivity contribution in [3.05, 3.63) is 24.3 Å². The van der Waals surface area contributed by atoms with E-state index in [1.807, 2.05) is 73.5 Å². The van der Waals surface area contributed by atoms with E-state index in [-0.39, 0.29) is 213 Å². The van der Waals surface area contributed by atoms with E-state index in [9.17, 15) is 89.1 Å². The molecule has 0 spiro atoms. The summed E-state index contributed by atoms with van der Waals surface area (Å²) in [5, 5.41) is 200. The lowest BCUT2D eigenvalue weighted by molar-refractivity contribution is -0.144. The van der Waals surface area contributed by atoms with Gasteiger partial charge in [-0.25, -0.2) is 0 Å². The van der Waals surface area contributed by atoms with Gasteiger partial charge in [0.1, 0.15) is 47.5 Å². The molecule has 0 fully saturated rings. The van der Waals surface area contributed by atoms with Gasteiger partial charge in [-0.1, -0.05) is 142 Å². The van der Waals surface area contributed by atoms with E-state index in [1.165, 1.54) is 19.3 Å². The summed E-state index contributed by atoms with van der Waals surface area (Å²) < 4.78 is 49.6. The molecular weight excluding hydrogens is 2050 g/mol. The number of methoxy groups -OCH3 is 1. The first-order chi connectivity index (χ1) is 67.5. The monoisotopic (exact) mass is 2220 g/mol. The highest BCUT2D eigenvalue weighted by atomic mass is 33.1. The zero-order chi connectivity index (χ0) is 109. The van der Waals surface area contributed by atoms with Crippen molar-refractivity contribution in [1.29, 1.82) is 0 Å². The molecule has 4 amide bonds. The maximum atomic E-state index is 11.7. The summed E-state index contributed by atoms with van der Waals surface area (Å²) in [4.78, 5) is 104. The normalized spacial score (nSPS) is 15.7. The summed E-state index contributed by atoms with van der Waals surface area (Å²) in [5.41, 5.74) is 0. The Morgan fingerprint density at radius 1 is 0.266 bits per heavy atom. The number of esters is 1. The predicted octanol–water partition coefficient (Wildman–Crippen LogP) is 1.41. The number of Topliss-reactive ketones (excluding diaryl/α,β-unsaturated/α-hetero) is 4. The number of ketones is 4. The summed E-state index contributed by atoms with van der Waals surface area (Å²) >= 11 is 0. The Labute approximate surface area is 878 Å². The van der Waals surface area contributed by atoms with Gasteiger partial charge in [-0.2, -0.15) is 0 Å². The topological polar surface area (TPSA) is 697 Å². The molecular formula is C92H180N2O41S8. The maximum Gasteiger partial charge on any atom is 0.308 e. The minimum atomic E-state index is -0.988. The zero-order valence-electron chi connectivity index (χ0n) is 84.9. The molecule has 0 aromatic carbocycles. The number of carbonyl (C=O) groups excluding carboxylic acids is 9. The van der Waals surface area contributed by atoms with E-state index in [1.54, 1.807) is 86.4 Å². The van der Waals surface area contributed by atoms with Gasteiger partial charge in [0.05, 0.1) is 244 Å². The van der Waals surface area contributed by atoms with Gasteiger partial charge in [0.25, 0.3) is 23.6 Å². The second kappa shape index (κ2) is 112. The average molecular weight is 2230 g/mol. The lowest BCUT2D eigenvalue weighted by Crippen LogP contribution is -2.32. The van der Waals surface area contributed by atoms with Crippen molar-refractivity contribution in [2.45, 2.75) is 294 Å². The summed E-state index contributed by atoms with van der Waals surface area (Å²) in [5.74, 6) is 0.822. The number of ether oxygens (including phenoxy) is 10. The number of hydrogen-bond donors (Lipinski definition) is 22. The first-order valence-electron chi connectivity index (χ1n) is 47.2. The molecule has 0 radical (unpaired) electrons. The predicted molar refractivity (Wildman–Crippen MR) is 560 cm³/mol. The van der Waals surface area contributed by atoms with Crippen LogP contribution in [-0.2, 0) is 90.5 Å². The van der Waals surface area contributed by atoms with Crippen molar-refractivity contribution in [2.75, 3.05) is 214 Å². The largest absolute Gasteiger partial charge is 0.469 e. The van der Waals surface area contributed by atoms with Crippen molar-refractivity contribution in [3.63, 3.8) is 0 Å². The summed E-state index contributed by atoms with van der Waals surface area (Å²) in [6.07, 6.45) is 8.97. The van der Waals surface area contributed by atoms with Gasteiger partial charge >= 0.3 is 5.97 Å². The SMILES string of the molecule is C.CCC(O)COCC(O)CC.CCC(O)COCC(O)CC(=O)OC.CCC(O)COCC(O)CCC(=O)CCN1C(=O)C=CC1=O.CCC(O)COCC(O)CCC(=O)CCSSC.CCC(O)COCC(O)CO.CCC(O)COCC(O)CSSC.CSSCC(O)COCC(O)CO.CSSCCC(=O)CCC(O)COCC(O)CO.O=C(CCC(O)COCC(O)CO)CCN1C(=O)C=CC1=O. The third-order valence-electron chi connectivity index (χ3n) is 18.3. The Bertz CT molecular complexity index is 2780.